The SMILES string of the molecule is CC(C(=O)O)N(Cc1ccccc1)C(=O)OCC1c2ccccc2-c2ccccc21. The fourth-order valence-electron chi connectivity index (χ4n) is 3.95. The maximum absolute atomic E-state index is 12.9. The Bertz CT molecular complexity index is 1020. The second kappa shape index (κ2) is 8.41. The molecule has 0 heterocycles. The number of amides is 1. The van der Waals surface area contributed by atoms with Gasteiger partial charge in [0.15, 0.2) is 0 Å². The lowest BCUT2D eigenvalue weighted by atomic mass is 9.98. The molecule has 30 heavy (non-hydrogen) atoms. The van der Waals surface area contributed by atoms with Gasteiger partial charge in [0.2, 0.25) is 0 Å². The Morgan fingerprint density at radius 1 is 0.900 bits per heavy atom. The van der Waals surface area contributed by atoms with Crippen LogP contribution in [0.4, 0.5) is 4.79 Å². The minimum atomic E-state index is -1.07. The molecule has 0 fully saturated rings. The van der Waals surface area contributed by atoms with E-state index in [2.05, 4.69) is 24.3 Å². The highest BCUT2D eigenvalue weighted by atomic mass is 16.6. The summed E-state index contributed by atoms with van der Waals surface area (Å²) < 4.78 is 5.67. The molecule has 1 aliphatic rings. The summed E-state index contributed by atoms with van der Waals surface area (Å²) in [5.74, 6) is -1.14. The number of carboxylic acid groups (broad SMARTS) is 1. The lowest BCUT2D eigenvalue weighted by molar-refractivity contribution is -0.142. The Kier molecular flexibility index (Phi) is 5.53. The van der Waals surface area contributed by atoms with E-state index in [0.29, 0.717) is 0 Å². The molecule has 0 spiro atoms. The van der Waals surface area contributed by atoms with Crippen molar-refractivity contribution in [1.82, 2.24) is 4.90 Å². The Morgan fingerprint density at radius 2 is 1.43 bits per heavy atom. The number of carbonyl (C=O) groups excluding carboxylic acids is 1. The van der Waals surface area contributed by atoms with Gasteiger partial charge < -0.3 is 9.84 Å². The smallest absolute Gasteiger partial charge is 0.410 e. The van der Waals surface area contributed by atoms with Crippen molar-refractivity contribution in [2.24, 2.45) is 0 Å². The van der Waals surface area contributed by atoms with E-state index in [1.165, 1.54) is 11.8 Å². The molecule has 0 aliphatic heterocycles. The first-order chi connectivity index (χ1) is 14.6. The fraction of sp³-hybridized carbons (Fsp3) is 0.200. The number of rotatable bonds is 6. The summed E-state index contributed by atoms with van der Waals surface area (Å²) >= 11 is 0. The van der Waals surface area contributed by atoms with Crippen LogP contribution in [0.2, 0.25) is 0 Å². The molecular weight excluding hydrogens is 378 g/mol. The molecule has 0 bridgehead atoms. The van der Waals surface area contributed by atoms with Gasteiger partial charge in [0.1, 0.15) is 12.6 Å². The lowest BCUT2D eigenvalue weighted by Crippen LogP contribution is -2.43. The van der Waals surface area contributed by atoms with Gasteiger partial charge in [0.25, 0.3) is 0 Å². The van der Waals surface area contributed by atoms with Crippen molar-refractivity contribution in [2.45, 2.75) is 25.4 Å². The number of carbonyl (C=O) groups is 2. The van der Waals surface area contributed by atoms with Crippen LogP contribution in [0.5, 0.6) is 0 Å². The van der Waals surface area contributed by atoms with Crippen LogP contribution in [0, 0.1) is 0 Å². The minimum absolute atomic E-state index is 0.0694. The van der Waals surface area contributed by atoms with Crippen molar-refractivity contribution in [3.05, 3.63) is 95.6 Å². The molecule has 0 saturated carbocycles. The molecule has 0 aromatic heterocycles. The van der Waals surface area contributed by atoms with E-state index < -0.39 is 18.1 Å². The minimum Gasteiger partial charge on any atom is -0.480 e. The average Bonchev–Trinajstić information content (AvgIpc) is 3.10. The van der Waals surface area contributed by atoms with Crippen molar-refractivity contribution in [3.8, 4) is 11.1 Å². The quantitative estimate of drug-likeness (QED) is 0.637. The van der Waals surface area contributed by atoms with Crippen molar-refractivity contribution in [3.63, 3.8) is 0 Å². The Labute approximate surface area is 175 Å². The molecule has 1 aliphatic carbocycles. The summed E-state index contributed by atoms with van der Waals surface area (Å²) in [6, 6.07) is 24.5. The van der Waals surface area contributed by atoms with E-state index in [1.54, 1.807) is 0 Å². The molecule has 3 aromatic rings. The number of benzene rings is 3. The Hall–Kier alpha value is -3.60. The molecule has 0 radical (unpaired) electrons. The largest absolute Gasteiger partial charge is 0.480 e. The first kappa shape index (κ1) is 19.7. The number of hydrogen-bond acceptors (Lipinski definition) is 3. The van der Waals surface area contributed by atoms with E-state index in [0.717, 1.165) is 27.8 Å². The summed E-state index contributed by atoms with van der Waals surface area (Å²) in [5.41, 5.74) is 5.38. The van der Waals surface area contributed by atoms with E-state index in [4.69, 9.17) is 4.74 Å². The number of nitrogens with zero attached hydrogens (tertiary/aromatic N) is 1. The van der Waals surface area contributed by atoms with Crippen LogP contribution in [0.1, 0.15) is 29.5 Å². The van der Waals surface area contributed by atoms with Gasteiger partial charge in [0, 0.05) is 12.5 Å². The highest BCUT2D eigenvalue weighted by Crippen LogP contribution is 2.44. The fourth-order valence-corrected chi connectivity index (χ4v) is 3.95. The third-order valence-electron chi connectivity index (χ3n) is 5.59. The van der Waals surface area contributed by atoms with Crippen molar-refractivity contribution in [1.29, 1.82) is 0 Å². The van der Waals surface area contributed by atoms with Gasteiger partial charge in [-0.05, 0) is 34.7 Å². The zero-order chi connectivity index (χ0) is 21.1. The Morgan fingerprint density at radius 3 is 2.00 bits per heavy atom. The zero-order valence-corrected chi connectivity index (χ0v) is 16.7. The van der Waals surface area contributed by atoms with Crippen LogP contribution in [0.3, 0.4) is 0 Å². The van der Waals surface area contributed by atoms with Gasteiger partial charge in [-0.25, -0.2) is 9.59 Å². The highest BCUT2D eigenvalue weighted by Gasteiger charge is 2.31. The third kappa shape index (κ3) is 3.79. The molecule has 5 nitrogen and oxygen atoms in total. The summed E-state index contributed by atoms with van der Waals surface area (Å²) in [6.45, 7) is 1.82. The molecule has 5 heteroatoms. The van der Waals surface area contributed by atoms with Crippen LogP contribution in [-0.4, -0.2) is 34.7 Å². The van der Waals surface area contributed by atoms with Crippen LogP contribution >= 0.6 is 0 Å². The molecule has 1 unspecified atom stereocenters. The van der Waals surface area contributed by atoms with Gasteiger partial charge >= 0.3 is 12.1 Å². The van der Waals surface area contributed by atoms with Gasteiger partial charge in [-0.2, -0.15) is 0 Å². The van der Waals surface area contributed by atoms with Crippen molar-refractivity contribution in [2.75, 3.05) is 6.61 Å². The zero-order valence-electron chi connectivity index (χ0n) is 16.7. The first-order valence-corrected chi connectivity index (χ1v) is 9.94. The van der Waals surface area contributed by atoms with E-state index in [9.17, 15) is 14.7 Å². The van der Waals surface area contributed by atoms with Crippen LogP contribution in [0.15, 0.2) is 78.9 Å². The number of aliphatic carboxylic acids is 1. The molecule has 0 saturated heterocycles. The maximum Gasteiger partial charge on any atom is 0.410 e. The van der Waals surface area contributed by atoms with Crippen molar-refractivity contribution < 1.29 is 19.4 Å². The van der Waals surface area contributed by atoms with E-state index >= 15 is 0 Å². The second-order valence-electron chi connectivity index (χ2n) is 7.43. The van der Waals surface area contributed by atoms with Gasteiger partial charge in [-0.1, -0.05) is 78.9 Å². The highest BCUT2D eigenvalue weighted by molar-refractivity contribution is 5.81. The summed E-state index contributed by atoms with van der Waals surface area (Å²) in [5, 5.41) is 9.47. The molecule has 1 amide bonds. The third-order valence-corrected chi connectivity index (χ3v) is 5.59. The number of ether oxygens (including phenoxy) is 1. The maximum atomic E-state index is 12.9. The summed E-state index contributed by atoms with van der Waals surface area (Å²) in [6.07, 6.45) is -0.629. The summed E-state index contributed by atoms with van der Waals surface area (Å²) in [7, 11) is 0. The molecular formula is C25H23NO4. The standard InChI is InChI=1S/C25H23NO4/c1-17(24(27)28)26(15-18-9-3-2-4-10-18)25(29)30-16-23-21-13-7-5-11-19(21)20-12-6-8-14-22(20)23/h2-14,17,23H,15-16H2,1H3,(H,27,28). The Balaban J connectivity index is 1.54. The normalized spacial score (nSPS) is 13.2. The monoisotopic (exact) mass is 401 g/mol. The van der Waals surface area contributed by atoms with Gasteiger partial charge in [-0.15, -0.1) is 0 Å². The average molecular weight is 401 g/mol. The topological polar surface area (TPSA) is 66.8 Å². The molecule has 1 atom stereocenters. The summed E-state index contributed by atoms with van der Waals surface area (Å²) in [4.78, 5) is 25.7. The predicted molar refractivity (Wildman–Crippen MR) is 114 cm³/mol. The van der Waals surface area contributed by atoms with Crippen LogP contribution in [-0.2, 0) is 16.1 Å². The number of carboxylic acids is 1. The molecule has 4 rings (SSSR count). The van der Waals surface area contributed by atoms with Gasteiger partial charge in [0.05, 0.1) is 0 Å². The second-order valence-corrected chi connectivity index (χ2v) is 7.43. The van der Waals surface area contributed by atoms with E-state index in [-0.39, 0.29) is 19.1 Å². The molecule has 3 aromatic carbocycles. The van der Waals surface area contributed by atoms with Crippen molar-refractivity contribution >= 4 is 12.1 Å². The number of hydrogen-bond donors (Lipinski definition) is 1. The first-order valence-electron chi connectivity index (χ1n) is 9.94. The van der Waals surface area contributed by atoms with E-state index in [1.807, 2.05) is 54.6 Å². The molecule has 152 valence electrons. The van der Waals surface area contributed by atoms with Crippen LogP contribution in [0.25, 0.3) is 11.1 Å². The molecule has 1 N–H and O–H groups in total. The lowest BCUT2D eigenvalue weighted by Gasteiger charge is -2.26. The van der Waals surface area contributed by atoms with Gasteiger partial charge in [-0.3, -0.25) is 4.90 Å². The number of fused-ring (bicyclic) bond motifs is 3. The van der Waals surface area contributed by atoms with Crippen LogP contribution < -0.4 is 0 Å². The predicted octanol–water partition coefficient (Wildman–Crippen LogP) is 4.91.